The highest BCUT2D eigenvalue weighted by atomic mass is 35.5. The third-order valence-corrected chi connectivity index (χ3v) is 2.23. The van der Waals surface area contributed by atoms with Crippen molar-refractivity contribution < 1.29 is 5.11 Å². The highest BCUT2D eigenvalue weighted by molar-refractivity contribution is 6.20. The molecule has 0 aliphatic heterocycles. The quantitative estimate of drug-likeness (QED) is 0.462. The van der Waals surface area contributed by atoms with Crippen LogP contribution in [0.15, 0.2) is 0 Å². The Morgan fingerprint density at radius 3 is 2.00 bits per heavy atom. The fourth-order valence-corrected chi connectivity index (χ4v) is 1.40. The van der Waals surface area contributed by atoms with Crippen LogP contribution in [0.4, 0.5) is 0 Å². The largest absolute Gasteiger partial charge is 0.396 e. The zero-order valence-electron chi connectivity index (χ0n) is 8.06. The average molecular weight is 193 g/mol. The Balaban J connectivity index is 2.82. The predicted molar refractivity (Wildman–Crippen MR) is 54.7 cm³/mol. The standard InChI is InChI=1S/C10H21ClO/c1-10(11)8-6-4-2-3-5-7-9-12/h10,12H,2-9H2,1H3. The first-order valence-corrected chi connectivity index (χ1v) is 5.46. The zero-order valence-corrected chi connectivity index (χ0v) is 8.82. The fraction of sp³-hybridized carbons (Fsp3) is 1.00. The summed E-state index contributed by atoms with van der Waals surface area (Å²) in [5.74, 6) is 0. The molecule has 0 aromatic carbocycles. The molecule has 12 heavy (non-hydrogen) atoms. The van der Waals surface area contributed by atoms with Gasteiger partial charge in [0.25, 0.3) is 0 Å². The Kier molecular flexibility index (Phi) is 9.53. The van der Waals surface area contributed by atoms with Crippen molar-refractivity contribution >= 4 is 11.6 Å². The van der Waals surface area contributed by atoms with Gasteiger partial charge in [0.1, 0.15) is 0 Å². The molecule has 0 rings (SSSR count). The van der Waals surface area contributed by atoms with Gasteiger partial charge in [0, 0.05) is 12.0 Å². The summed E-state index contributed by atoms with van der Waals surface area (Å²) in [6.45, 7) is 2.39. The molecule has 0 heterocycles. The number of unbranched alkanes of at least 4 members (excludes halogenated alkanes) is 5. The molecule has 0 spiro atoms. The maximum absolute atomic E-state index is 8.52. The van der Waals surface area contributed by atoms with Crippen LogP contribution in [-0.2, 0) is 0 Å². The van der Waals surface area contributed by atoms with E-state index in [0.29, 0.717) is 12.0 Å². The molecule has 0 aliphatic rings. The first-order chi connectivity index (χ1) is 5.77. The molecule has 0 radical (unpaired) electrons. The van der Waals surface area contributed by atoms with E-state index in [1.165, 1.54) is 32.1 Å². The molecule has 0 aromatic rings. The molecule has 1 unspecified atom stereocenters. The second-order valence-electron chi connectivity index (χ2n) is 3.41. The van der Waals surface area contributed by atoms with Crippen LogP contribution in [0.1, 0.15) is 51.9 Å². The maximum atomic E-state index is 8.52. The molecule has 0 fully saturated rings. The minimum Gasteiger partial charge on any atom is -0.396 e. The van der Waals surface area contributed by atoms with Crippen molar-refractivity contribution in [3.05, 3.63) is 0 Å². The van der Waals surface area contributed by atoms with Gasteiger partial charge in [0.05, 0.1) is 0 Å². The maximum Gasteiger partial charge on any atom is 0.0431 e. The molecule has 0 bridgehead atoms. The summed E-state index contributed by atoms with van der Waals surface area (Å²) in [5, 5.41) is 8.86. The molecule has 0 aromatic heterocycles. The van der Waals surface area contributed by atoms with E-state index < -0.39 is 0 Å². The number of aliphatic hydroxyl groups excluding tert-OH is 1. The summed E-state index contributed by atoms with van der Waals surface area (Å²) >= 11 is 5.81. The van der Waals surface area contributed by atoms with Gasteiger partial charge in [-0.25, -0.2) is 0 Å². The topological polar surface area (TPSA) is 20.2 Å². The lowest BCUT2D eigenvalue weighted by Crippen LogP contribution is -1.90. The Labute approximate surface area is 81.1 Å². The van der Waals surface area contributed by atoms with E-state index in [9.17, 15) is 0 Å². The number of hydrogen-bond acceptors (Lipinski definition) is 1. The average Bonchev–Trinajstić information content (AvgIpc) is 2.02. The smallest absolute Gasteiger partial charge is 0.0431 e. The zero-order chi connectivity index (χ0) is 9.23. The van der Waals surface area contributed by atoms with Gasteiger partial charge >= 0.3 is 0 Å². The third kappa shape index (κ3) is 10.2. The van der Waals surface area contributed by atoms with E-state index in [2.05, 4.69) is 0 Å². The summed E-state index contributed by atoms with van der Waals surface area (Å²) in [5.41, 5.74) is 0. The lowest BCUT2D eigenvalue weighted by molar-refractivity contribution is 0.282. The van der Waals surface area contributed by atoms with Crippen LogP contribution in [0.3, 0.4) is 0 Å². The molecule has 2 heteroatoms. The molecular weight excluding hydrogens is 172 g/mol. The van der Waals surface area contributed by atoms with Crippen LogP contribution in [0.2, 0.25) is 0 Å². The van der Waals surface area contributed by atoms with Crippen LogP contribution in [0.25, 0.3) is 0 Å². The molecule has 0 saturated carbocycles. The van der Waals surface area contributed by atoms with Gasteiger partial charge in [0.2, 0.25) is 0 Å². The SMILES string of the molecule is CC(Cl)CCCCCCCCO. The second-order valence-corrected chi connectivity index (χ2v) is 4.16. The molecule has 0 aliphatic carbocycles. The van der Waals surface area contributed by atoms with Crippen molar-refractivity contribution in [2.45, 2.75) is 57.2 Å². The van der Waals surface area contributed by atoms with Crippen molar-refractivity contribution in [1.29, 1.82) is 0 Å². The van der Waals surface area contributed by atoms with Gasteiger partial charge in [0.15, 0.2) is 0 Å². The van der Waals surface area contributed by atoms with Crippen molar-refractivity contribution in [2.75, 3.05) is 6.61 Å². The highest BCUT2D eigenvalue weighted by Crippen LogP contribution is 2.10. The Bertz CT molecular complexity index is 83.9. The van der Waals surface area contributed by atoms with Crippen molar-refractivity contribution in [3.8, 4) is 0 Å². The minimum absolute atomic E-state index is 0.336. The minimum atomic E-state index is 0.336. The summed E-state index contributed by atoms with van der Waals surface area (Å²) in [6.07, 6.45) is 8.38. The summed E-state index contributed by atoms with van der Waals surface area (Å²) in [7, 11) is 0. The van der Waals surface area contributed by atoms with Crippen molar-refractivity contribution in [3.63, 3.8) is 0 Å². The van der Waals surface area contributed by atoms with Crippen LogP contribution in [-0.4, -0.2) is 17.1 Å². The first-order valence-electron chi connectivity index (χ1n) is 5.02. The van der Waals surface area contributed by atoms with E-state index in [1.54, 1.807) is 0 Å². The lowest BCUT2D eigenvalue weighted by atomic mass is 10.1. The van der Waals surface area contributed by atoms with E-state index >= 15 is 0 Å². The third-order valence-electron chi connectivity index (χ3n) is 2.01. The van der Waals surface area contributed by atoms with Crippen molar-refractivity contribution in [1.82, 2.24) is 0 Å². The Morgan fingerprint density at radius 1 is 1.00 bits per heavy atom. The van der Waals surface area contributed by atoms with Crippen LogP contribution in [0, 0.1) is 0 Å². The Hall–Kier alpha value is 0.250. The fourth-order valence-electron chi connectivity index (χ4n) is 1.24. The molecule has 0 amide bonds. The number of halogens is 1. The Morgan fingerprint density at radius 2 is 1.50 bits per heavy atom. The molecule has 1 nitrogen and oxygen atoms in total. The number of alkyl halides is 1. The van der Waals surface area contributed by atoms with E-state index in [4.69, 9.17) is 16.7 Å². The van der Waals surface area contributed by atoms with Gasteiger partial charge in [-0.3, -0.25) is 0 Å². The van der Waals surface area contributed by atoms with E-state index in [-0.39, 0.29) is 0 Å². The van der Waals surface area contributed by atoms with E-state index in [1.807, 2.05) is 6.92 Å². The summed E-state index contributed by atoms with van der Waals surface area (Å²) in [4.78, 5) is 0. The molecule has 1 N–H and O–H groups in total. The number of hydrogen-bond donors (Lipinski definition) is 1. The molecule has 74 valence electrons. The van der Waals surface area contributed by atoms with Gasteiger partial charge in [-0.2, -0.15) is 0 Å². The van der Waals surface area contributed by atoms with Crippen LogP contribution in [0.5, 0.6) is 0 Å². The van der Waals surface area contributed by atoms with Crippen LogP contribution >= 0.6 is 11.6 Å². The number of aliphatic hydroxyl groups is 1. The van der Waals surface area contributed by atoms with Gasteiger partial charge in [-0.05, 0) is 19.8 Å². The van der Waals surface area contributed by atoms with E-state index in [0.717, 1.165) is 12.8 Å². The van der Waals surface area contributed by atoms with Crippen molar-refractivity contribution in [2.24, 2.45) is 0 Å². The van der Waals surface area contributed by atoms with Gasteiger partial charge in [-0.1, -0.05) is 32.1 Å². The molecule has 1 atom stereocenters. The first kappa shape index (κ1) is 12.2. The summed E-state index contributed by atoms with van der Waals surface area (Å²) in [6, 6.07) is 0. The molecular formula is C10H21ClO. The van der Waals surface area contributed by atoms with Gasteiger partial charge in [-0.15, -0.1) is 11.6 Å². The molecule has 0 saturated heterocycles. The monoisotopic (exact) mass is 192 g/mol. The lowest BCUT2D eigenvalue weighted by Gasteiger charge is -2.02. The van der Waals surface area contributed by atoms with Gasteiger partial charge < -0.3 is 5.11 Å². The number of rotatable bonds is 8. The van der Waals surface area contributed by atoms with Crippen LogP contribution < -0.4 is 0 Å². The summed E-state index contributed by atoms with van der Waals surface area (Å²) < 4.78 is 0. The second kappa shape index (κ2) is 9.34. The normalized spacial score (nSPS) is 13.2. The highest BCUT2D eigenvalue weighted by Gasteiger charge is 1.95. The predicted octanol–water partition coefficient (Wildman–Crippen LogP) is 3.34.